The quantitative estimate of drug-likeness (QED) is 0.468. The van der Waals surface area contributed by atoms with Crippen LogP contribution in [0.25, 0.3) is 0 Å². The highest BCUT2D eigenvalue weighted by molar-refractivity contribution is 5.85. The van der Waals surface area contributed by atoms with Gasteiger partial charge >= 0.3 is 0 Å². The fourth-order valence-corrected chi connectivity index (χ4v) is 0.846. The van der Waals surface area contributed by atoms with Crippen LogP contribution in [-0.4, -0.2) is 9.78 Å². The summed E-state index contributed by atoms with van der Waals surface area (Å²) in [4.78, 5) is 0. The third-order valence-corrected chi connectivity index (χ3v) is 1.41. The van der Waals surface area contributed by atoms with Gasteiger partial charge in [-0.3, -0.25) is 0 Å². The van der Waals surface area contributed by atoms with E-state index in [0.29, 0.717) is 11.5 Å². The molecule has 0 aliphatic heterocycles. The SMILES string of the molecule is Cc1nn(C)c(NN)c1N.Cl.Cl. The zero-order valence-electron chi connectivity index (χ0n) is 6.87. The zero-order valence-corrected chi connectivity index (χ0v) is 8.50. The number of hydrogen-bond donors (Lipinski definition) is 3. The van der Waals surface area contributed by atoms with E-state index in [9.17, 15) is 0 Å². The summed E-state index contributed by atoms with van der Waals surface area (Å²) in [6.07, 6.45) is 0. The normalized spacial score (nSPS) is 8.25. The van der Waals surface area contributed by atoms with Gasteiger partial charge in [0.05, 0.1) is 11.4 Å². The summed E-state index contributed by atoms with van der Waals surface area (Å²) in [5, 5.41) is 4.03. The van der Waals surface area contributed by atoms with Gasteiger partial charge in [-0.15, -0.1) is 24.8 Å². The highest BCUT2D eigenvalue weighted by atomic mass is 35.5. The molecule has 1 aromatic rings. The summed E-state index contributed by atoms with van der Waals surface area (Å²) in [6, 6.07) is 0. The van der Waals surface area contributed by atoms with Crippen LogP contribution in [0.2, 0.25) is 0 Å². The van der Waals surface area contributed by atoms with E-state index in [0.717, 1.165) is 5.69 Å². The van der Waals surface area contributed by atoms with Crippen molar-refractivity contribution in [3.05, 3.63) is 5.69 Å². The fraction of sp³-hybridized carbons (Fsp3) is 0.400. The van der Waals surface area contributed by atoms with Gasteiger partial charge in [0.2, 0.25) is 0 Å². The molecule has 12 heavy (non-hydrogen) atoms. The maximum Gasteiger partial charge on any atom is 0.161 e. The molecule has 0 amide bonds. The lowest BCUT2D eigenvalue weighted by molar-refractivity contribution is 0.760. The first-order valence-corrected chi connectivity index (χ1v) is 2.92. The molecule has 72 valence electrons. The number of halogens is 2. The standard InChI is InChI=1S/C5H11N5.2ClH/c1-3-4(6)5(8-7)10(2)9-3;;/h8H,6-7H2,1-2H3;2*1H. The predicted molar refractivity (Wildman–Crippen MR) is 54.7 cm³/mol. The largest absolute Gasteiger partial charge is 0.394 e. The summed E-state index contributed by atoms with van der Waals surface area (Å²) in [5.41, 5.74) is 9.44. The van der Waals surface area contributed by atoms with E-state index >= 15 is 0 Å². The van der Waals surface area contributed by atoms with Gasteiger partial charge in [0.25, 0.3) is 0 Å². The van der Waals surface area contributed by atoms with Crippen molar-refractivity contribution in [2.45, 2.75) is 6.92 Å². The average Bonchev–Trinajstić information content (AvgIpc) is 2.09. The van der Waals surface area contributed by atoms with E-state index in [-0.39, 0.29) is 24.8 Å². The average molecular weight is 214 g/mol. The Balaban J connectivity index is 0. The minimum atomic E-state index is 0. The molecule has 0 unspecified atom stereocenters. The fourth-order valence-electron chi connectivity index (χ4n) is 0.846. The van der Waals surface area contributed by atoms with Gasteiger partial charge in [-0.05, 0) is 6.92 Å². The first-order chi connectivity index (χ1) is 4.66. The number of nitrogens with one attached hydrogen (secondary N) is 1. The van der Waals surface area contributed by atoms with Gasteiger partial charge in [0.15, 0.2) is 5.82 Å². The number of nitrogens with two attached hydrogens (primary N) is 2. The minimum Gasteiger partial charge on any atom is -0.394 e. The molecule has 0 atom stereocenters. The molecule has 0 radical (unpaired) electrons. The summed E-state index contributed by atoms with van der Waals surface area (Å²) in [7, 11) is 1.78. The number of hydrazine groups is 1. The third kappa shape index (κ3) is 2.17. The van der Waals surface area contributed by atoms with Gasteiger partial charge in [-0.1, -0.05) is 0 Å². The Morgan fingerprint density at radius 3 is 2.08 bits per heavy atom. The van der Waals surface area contributed by atoms with Crippen molar-refractivity contribution in [1.82, 2.24) is 9.78 Å². The second-order valence-electron chi connectivity index (χ2n) is 2.12. The summed E-state index contributed by atoms with van der Waals surface area (Å²) >= 11 is 0. The third-order valence-electron chi connectivity index (χ3n) is 1.41. The van der Waals surface area contributed by atoms with Crippen molar-refractivity contribution in [2.24, 2.45) is 12.9 Å². The van der Waals surface area contributed by atoms with E-state index in [4.69, 9.17) is 11.6 Å². The molecule has 0 bridgehead atoms. The minimum absolute atomic E-state index is 0. The molecular weight excluding hydrogens is 201 g/mol. The topological polar surface area (TPSA) is 81.9 Å². The van der Waals surface area contributed by atoms with Crippen molar-refractivity contribution >= 4 is 36.3 Å². The Kier molecular flexibility index (Phi) is 5.88. The van der Waals surface area contributed by atoms with Gasteiger partial charge in [0.1, 0.15) is 0 Å². The van der Waals surface area contributed by atoms with Crippen LogP contribution >= 0.6 is 24.8 Å². The van der Waals surface area contributed by atoms with Gasteiger partial charge in [-0.25, -0.2) is 10.5 Å². The Labute approximate surface area is 83.3 Å². The maximum absolute atomic E-state index is 5.59. The van der Waals surface area contributed by atoms with Crippen molar-refractivity contribution in [3.8, 4) is 0 Å². The molecule has 0 saturated heterocycles. The Morgan fingerprint density at radius 1 is 1.42 bits per heavy atom. The lowest BCUT2D eigenvalue weighted by Gasteiger charge is -1.99. The first-order valence-electron chi connectivity index (χ1n) is 2.92. The van der Waals surface area contributed by atoms with Gasteiger partial charge in [-0.2, -0.15) is 5.10 Å². The molecule has 7 heteroatoms. The van der Waals surface area contributed by atoms with Crippen LogP contribution in [-0.2, 0) is 7.05 Å². The van der Waals surface area contributed by atoms with Crippen LogP contribution in [0.5, 0.6) is 0 Å². The van der Waals surface area contributed by atoms with Gasteiger partial charge in [0, 0.05) is 7.05 Å². The molecule has 0 aliphatic rings. The molecule has 5 N–H and O–H groups in total. The molecule has 0 aromatic carbocycles. The molecule has 0 spiro atoms. The number of rotatable bonds is 1. The Bertz CT molecular complexity index is 246. The van der Waals surface area contributed by atoms with Crippen molar-refractivity contribution in [3.63, 3.8) is 0 Å². The molecule has 5 nitrogen and oxygen atoms in total. The molecule has 0 saturated carbocycles. The van der Waals surface area contributed by atoms with E-state index in [1.54, 1.807) is 11.7 Å². The summed E-state index contributed by atoms with van der Waals surface area (Å²) in [6.45, 7) is 1.83. The smallest absolute Gasteiger partial charge is 0.161 e. The number of aryl methyl sites for hydroxylation is 2. The van der Waals surface area contributed by atoms with E-state index < -0.39 is 0 Å². The molecule has 0 fully saturated rings. The van der Waals surface area contributed by atoms with Crippen LogP contribution < -0.4 is 17.0 Å². The van der Waals surface area contributed by atoms with Crippen molar-refractivity contribution in [1.29, 1.82) is 0 Å². The van der Waals surface area contributed by atoms with Crippen molar-refractivity contribution < 1.29 is 0 Å². The highest BCUT2D eigenvalue weighted by Gasteiger charge is 2.06. The molecule has 1 rings (SSSR count). The molecule has 1 aromatic heterocycles. The van der Waals surface area contributed by atoms with E-state index in [1.807, 2.05) is 6.92 Å². The Morgan fingerprint density at radius 2 is 1.92 bits per heavy atom. The maximum atomic E-state index is 5.59. The second kappa shape index (κ2) is 5.08. The number of nitrogens with zero attached hydrogens (tertiary/aromatic N) is 2. The van der Waals surface area contributed by atoms with Crippen LogP contribution in [0.1, 0.15) is 5.69 Å². The van der Waals surface area contributed by atoms with Crippen LogP contribution in [0.4, 0.5) is 11.5 Å². The van der Waals surface area contributed by atoms with Crippen molar-refractivity contribution in [2.75, 3.05) is 11.2 Å². The number of hydrogen-bond acceptors (Lipinski definition) is 4. The lowest BCUT2D eigenvalue weighted by atomic mass is 10.4. The second-order valence-corrected chi connectivity index (χ2v) is 2.12. The summed E-state index contributed by atoms with van der Waals surface area (Å²) < 4.78 is 1.60. The number of nitrogen functional groups attached to an aromatic ring is 2. The van der Waals surface area contributed by atoms with Crippen LogP contribution in [0.3, 0.4) is 0 Å². The highest BCUT2D eigenvalue weighted by Crippen LogP contribution is 2.18. The lowest BCUT2D eigenvalue weighted by Crippen LogP contribution is -2.12. The number of anilines is 2. The molecule has 1 heterocycles. The summed E-state index contributed by atoms with van der Waals surface area (Å²) in [5.74, 6) is 5.82. The molecule has 0 aliphatic carbocycles. The monoisotopic (exact) mass is 213 g/mol. The molecular formula is C5H13Cl2N5. The van der Waals surface area contributed by atoms with E-state index in [2.05, 4.69) is 10.5 Å². The van der Waals surface area contributed by atoms with Crippen LogP contribution in [0.15, 0.2) is 0 Å². The van der Waals surface area contributed by atoms with E-state index in [1.165, 1.54) is 0 Å². The van der Waals surface area contributed by atoms with Gasteiger partial charge < -0.3 is 11.2 Å². The zero-order chi connectivity index (χ0) is 7.72. The first kappa shape index (κ1) is 13.9. The Hall–Kier alpha value is -0.650. The van der Waals surface area contributed by atoms with Crippen LogP contribution in [0, 0.1) is 6.92 Å². The number of aromatic nitrogens is 2. The predicted octanol–water partition coefficient (Wildman–Crippen LogP) is 0.440.